The van der Waals surface area contributed by atoms with E-state index in [2.05, 4.69) is 13.8 Å². The smallest absolute Gasteiger partial charge is 0.164 e. The minimum atomic E-state index is -0.806. The van der Waals surface area contributed by atoms with Crippen molar-refractivity contribution in [2.75, 3.05) is 0 Å². The molecular weight excluding hydrogens is 152 g/mol. The van der Waals surface area contributed by atoms with Crippen molar-refractivity contribution in [2.45, 2.75) is 46.6 Å². The van der Waals surface area contributed by atoms with Crippen molar-refractivity contribution in [1.29, 1.82) is 0 Å². The number of rotatable bonds is 5. The van der Waals surface area contributed by atoms with Crippen LogP contribution in [0.4, 0.5) is 0 Å². The van der Waals surface area contributed by atoms with Crippen LogP contribution in [0.5, 0.6) is 0 Å². The summed E-state index contributed by atoms with van der Waals surface area (Å²) in [6.07, 6.45) is 1.34. The van der Waals surface area contributed by atoms with Crippen LogP contribution in [0.3, 0.4) is 0 Å². The molecule has 2 nitrogen and oxygen atoms in total. The third kappa shape index (κ3) is 3.35. The summed E-state index contributed by atoms with van der Waals surface area (Å²) in [4.78, 5) is 11.3. The molecule has 0 fully saturated rings. The third-order valence-corrected chi connectivity index (χ3v) is 2.46. The first kappa shape index (κ1) is 11.6. The van der Waals surface area contributed by atoms with E-state index in [-0.39, 0.29) is 11.7 Å². The Kier molecular flexibility index (Phi) is 5.14. The van der Waals surface area contributed by atoms with Gasteiger partial charge in [-0.1, -0.05) is 33.6 Å². The van der Waals surface area contributed by atoms with Gasteiger partial charge in [0, 0.05) is 5.92 Å². The first-order valence-electron chi connectivity index (χ1n) is 4.72. The zero-order valence-electron chi connectivity index (χ0n) is 8.50. The molecule has 0 aromatic rings. The monoisotopic (exact) mass is 172 g/mol. The summed E-state index contributed by atoms with van der Waals surface area (Å²) in [7, 11) is 0. The number of aliphatic hydroxyl groups excluding tert-OH is 1. The Balaban J connectivity index is 4.00. The lowest BCUT2D eigenvalue weighted by Gasteiger charge is -2.19. The minimum Gasteiger partial charge on any atom is -0.386 e. The molecule has 3 unspecified atom stereocenters. The second-order valence-electron chi connectivity index (χ2n) is 3.63. The molecule has 0 aromatic carbocycles. The standard InChI is InChI=1S/C10H20O2/c1-5-6-7(2)8(3)10(12)9(4)11/h7-9,11H,5-6H2,1-4H3. The largest absolute Gasteiger partial charge is 0.386 e. The predicted octanol–water partition coefficient (Wildman–Crippen LogP) is 2.01. The van der Waals surface area contributed by atoms with Gasteiger partial charge in [0.2, 0.25) is 0 Å². The SMILES string of the molecule is CCCC(C)C(C)C(=O)C(C)O. The molecule has 0 saturated carbocycles. The van der Waals surface area contributed by atoms with Crippen molar-refractivity contribution in [3.8, 4) is 0 Å². The third-order valence-electron chi connectivity index (χ3n) is 2.46. The van der Waals surface area contributed by atoms with Gasteiger partial charge < -0.3 is 5.11 Å². The molecule has 3 atom stereocenters. The van der Waals surface area contributed by atoms with Crippen molar-refractivity contribution < 1.29 is 9.90 Å². The van der Waals surface area contributed by atoms with Crippen molar-refractivity contribution in [2.24, 2.45) is 11.8 Å². The Morgan fingerprint density at radius 2 is 1.83 bits per heavy atom. The molecule has 0 amide bonds. The summed E-state index contributed by atoms with van der Waals surface area (Å²) in [6, 6.07) is 0. The Morgan fingerprint density at radius 3 is 2.17 bits per heavy atom. The molecule has 72 valence electrons. The first-order valence-corrected chi connectivity index (χ1v) is 4.72. The predicted molar refractivity (Wildman–Crippen MR) is 49.9 cm³/mol. The highest BCUT2D eigenvalue weighted by atomic mass is 16.3. The van der Waals surface area contributed by atoms with E-state index in [1.54, 1.807) is 0 Å². The quantitative estimate of drug-likeness (QED) is 0.688. The van der Waals surface area contributed by atoms with Gasteiger partial charge in [0.05, 0.1) is 0 Å². The normalized spacial score (nSPS) is 18.4. The summed E-state index contributed by atoms with van der Waals surface area (Å²) >= 11 is 0. The second-order valence-corrected chi connectivity index (χ2v) is 3.63. The van der Waals surface area contributed by atoms with Crippen molar-refractivity contribution in [1.82, 2.24) is 0 Å². The molecule has 1 N–H and O–H groups in total. The molecule has 2 heteroatoms. The summed E-state index contributed by atoms with van der Waals surface area (Å²) in [5.41, 5.74) is 0. The number of ketones is 1. The number of Topliss-reactive ketones (excluding diaryl/α,β-unsaturated/α-hetero) is 1. The van der Waals surface area contributed by atoms with Gasteiger partial charge in [0.25, 0.3) is 0 Å². The van der Waals surface area contributed by atoms with Crippen LogP contribution in [-0.2, 0) is 4.79 Å². The van der Waals surface area contributed by atoms with E-state index < -0.39 is 6.10 Å². The van der Waals surface area contributed by atoms with Crippen LogP contribution >= 0.6 is 0 Å². The highest BCUT2D eigenvalue weighted by Gasteiger charge is 2.22. The summed E-state index contributed by atoms with van der Waals surface area (Å²) < 4.78 is 0. The summed E-state index contributed by atoms with van der Waals surface area (Å²) in [5.74, 6) is 0.345. The average molecular weight is 172 g/mol. The molecule has 0 saturated heterocycles. The maximum Gasteiger partial charge on any atom is 0.164 e. The van der Waals surface area contributed by atoms with E-state index in [9.17, 15) is 4.79 Å². The van der Waals surface area contributed by atoms with E-state index in [0.29, 0.717) is 5.92 Å². The molecule has 0 aromatic heterocycles. The number of carbonyl (C=O) groups excluding carboxylic acids is 1. The molecule has 0 bridgehead atoms. The molecular formula is C10H20O2. The first-order chi connectivity index (χ1) is 5.50. The molecule has 0 aliphatic carbocycles. The van der Waals surface area contributed by atoms with Crippen LogP contribution in [0.15, 0.2) is 0 Å². The van der Waals surface area contributed by atoms with Crippen molar-refractivity contribution in [3.63, 3.8) is 0 Å². The second kappa shape index (κ2) is 5.31. The number of hydrogen-bond acceptors (Lipinski definition) is 2. The Bertz CT molecular complexity index is 141. The van der Waals surface area contributed by atoms with Gasteiger partial charge in [-0.2, -0.15) is 0 Å². The Hall–Kier alpha value is -0.370. The molecule has 12 heavy (non-hydrogen) atoms. The lowest BCUT2D eigenvalue weighted by Crippen LogP contribution is -2.27. The van der Waals surface area contributed by atoms with Crippen LogP contribution in [-0.4, -0.2) is 17.0 Å². The van der Waals surface area contributed by atoms with Gasteiger partial charge in [-0.05, 0) is 12.8 Å². The van der Waals surface area contributed by atoms with E-state index in [1.807, 2.05) is 6.92 Å². The lowest BCUT2D eigenvalue weighted by atomic mass is 9.87. The maximum absolute atomic E-state index is 11.3. The zero-order chi connectivity index (χ0) is 9.72. The van der Waals surface area contributed by atoms with Gasteiger partial charge in [-0.3, -0.25) is 4.79 Å². The van der Waals surface area contributed by atoms with Gasteiger partial charge in [0.1, 0.15) is 6.10 Å². The van der Waals surface area contributed by atoms with E-state index >= 15 is 0 Å². The summed E-state index contributed by atoms with van der Waals surface area (Å²) in [5, 5.41) is 9.06. The van der Waals surface area contributed by atoms with Crippen molar-refractivity contribution >= 4 is 5.78 Å². The van der Waals surface area contributed by atoms with Gasteiger partial charge in [-0.25, -0.2) is 0 Å². The molecule has 0 heterocycles. The van der Waals surface area contributed by atoms with Crippen LogP contribution in [0.25, 0.3) is 0 Å². The number of hydrogen-bond donors (Lipinski definition) is 1. The van der Waals surface area contributed by atoms with Crippen LogP contribution in [0, 0.1) is 11.8 Å². The van der Waals surface area contributed by atoms with Crippen molar-refractivity contribution in [3.05, 3.63) is 0 Å². The topological polar surface area (TPSA) is 37.3 Å². The highest BCUT2D eigenvalue weighted by Crippen LogP contribution is 2.18. The molecule has 0 rings (SSSR count). The maximum atomic E-state index is 11.3. The minimum absolute atomic E-state index is 0.00931. The van der Waals surface area contributed by atoms with Gasteiger partial charge in [-0.15, -0.1) is 0 Å². The molecule has 0 radical (unpaired) electrons. The Labute approximate surface area is 75.0 Å². The van der Waals surface area contributed by atoms with Gasteiger partial charge >= 0.3 is 0 Å². The van der Waals surface area contributed by atoms with E-state index in [4.69, 9.17) is 5.11 Å². The molecule has 0 spiro atoms. The number of carbonyl (C=O) groups is 1. The van der Waals surface area contributed by atoms with Crippen LogP contribution < -0.4 is 0 Å². The Morgan fingerprint density at radius 1 is 1.33 bits per heavy atom. The van der Waals surface area contributed by atoms with Crippen LogP contribution in [0.2, 0.25) is 0 Å². The highest BCUT2D eigenvalue weighted by molar-refractivity contribution is 5.84. The molecule has 0 aliphatic rings. The fourth-order valence-corrected chi connectivity index (χ4v) is 1.37. The fourth-order valence-electron chi connectivity index (χ4n) is 1.37. The average Bonchev–Trinajstić information content (AvgIpc) is 2.02. The molecule has 0 aliphatic heterocycles. The van der Waals surface area contributed by atoms with E-state index in [0.717, 1.165) is 12.8 Å². The zero-order valence-corrected chi connectivity index (χ0v) is 8.50. The summed E-state index contributed by atoms with van der Waals surface area (Å²) in [6.45, 7) is 7.61. The fraction of sp³-hybridized carbons (Fsp3) is 0.900. The van der Waals surface area contributed by atoms with Gasteiger partial charge in [0.15, 0.2) is 5.78 Å². The van der Waals surface area contributed by atoms with Crippen LogP contribution in [0.1, 0.15) is 40.5 Å². The lowest BCUT2D eigenvalue weighted by molar-refractivity contribution is -0.131. The number of aliphatic hydroxyl groups is 1. The van der Waals surface area contributed by atoms with E-state index in [1.165, 1.54) is 6.92 Å².